The molecule has 0 amide bonds. The Bertz CT molecular complexity index is 4450. The van der Waals surface area contributed by atoms with Crippen molar-refractivity contribution in [3.63, 3.8) is 0 Å². The van der Waals surface area contributed by atoms with Gasteiger partial charge in [-0.05, 0) is 135 Å². The van der Waals surface area contributed by atoms with Crippen molar-refractivity contribution >= 4 is 86.7 Å². The molecule has 12 aromatic rings. The van der Waals surface area contributed by atoms with E-state index in [0.29, 0.717) is 0 Å². The number of nitrogens with zero attached hydrogens (tertiary/aromatic N) is 2. The quantitative estimate of drug-likeness (QED) is 0.167. The van der Waals surface area contributed by atoms with Gasteiger partial charge in [0.1, 0.15) is 29.3 Å². The first-order valence-electron chi connectivity index (χ1n) is 26.7. The first kappa shape index (κ1) is 43.6. The van der Waals surface area contributed by atoms with E-state index in [9.17, 15) is 0 Å². The number of allylic oxidation sites excluding steroid dienone is 6. The largest absolute Gasteiger partial charge is 0.456 e. The summed E-state index contributed by atoms with van der Waals surface area (Å²) >= 11 is 1.87. The average molecular weight is 995 g/mol. The van der Waals surface area contributed by atoms with E-state index in [-0.39, 0.29) is 12.3 Å². The van der Waals surface area contributed by atoms with E-state index < -0.39 is 5.41 Å². The monoisotopic (exact) mass is 994 g/mol. The van der Waals surface area contributed by atoms with E-state index in [1.54, 1.807) is 0 Å². The second-order valence-electron chi connectivity index (χ2n) is 20.8. The first-order chi connectivity index (χ1) is 37.7. The molecule has 2 atom stereocenters. The van der Waals surface area contributed by atoms with Crippen LogP contribution in [0.3, 0.4) is 0 Å². The number of furan rings is 1. The first-order valence-corrected chi connectivity index (χ1v) is 27.5. The van der Waals surface area contributed by atoms with Gasteiger partial charge < -0.3 is 14.3 Å². The van der Waals surface area contributed by atoms with E-state index in [1.807, 2.05) is 11.3 Å². The molecule has 2 N–H and O–H groups in total. The Morgan fingerprint density at radius 3 is 2.11 bits per heavy atom. The zero-order valence-corrected chi connectivity index (χ0v) is 42.4. The van der Waals surface area contributed by atoms with Crippen LogP contribution in [0.4, 0.5) is 0 Å². The lowest BCUT2D eigenvalue weighted by Gasteiger charge is -2.37. The molecule has 362 valence electrons. The molecular formula is C70H50N4OS. The summed E-state index contributed by atoms with van der Waals surface area (Å²) in [7, 11) is 0. The number of hydrogen-bond donors (Lipinski definition) is 2. The SMILES string of the molecule is C1=CCCC(C2N=C(C3=CC4=C(CC3)c3ccccc3C4(c3ccccc3)c3ccccc3)NC(c3ccc4c(c3)oc3ccc(-c5cccc6sc7cc(-n8c9ccccc9c9ccccc98)ccc7c56)cc34)N2)=C1. The maximum absolute atomic E-state index is 6.77. The summed E-state index contributed by atoms with van der Waals surface area (Å²) in [5.41, 5.74) is 19.0. The van der Waals surface area contributed by atoms with E-state index in [1.165, 1.54) is 103 Å². The topological polar surface area (TPSA) is 54.5 Å². The molecule has 2 unspecified atom stereocenters. The summed E-state index contributed by atoms with van der Waals surface area (Å²) in [5.74, 6) is 0.953. The van der Waals surface area contributed by atoms with Gasteiger partial charge in [-0.15, -0.1) is 11.3 Å². The normalized spacial score (nSPS) is 18.1. The van der Waals surface area contributed by atoms with Crippen LogP contribution in [0.5, 0.6) is 0 Å². The standard InChI is InChI=1S/C70H50N4OS/c1-4-17-43(18-5-1)67-71-68(45-31-35-52-51-23-10-13-27-58(51)70(59(52)40-45,47-19-6-2-7-20-47)48-21-8-3-9-22-48)73-69(72-67)46-32-36-55-57-39-44(33-38-62(57)75-63(55)41-46)50-26-16-30-64-66(50)56-37-34-49(42-65(56)76-64)74-60-28-14-11-24-53(60)54-25-12-15-29-61(54)74/h1-4,6-17,19-30,32-34,36-42,67,69,72H,5,18,31,35H2,(H,71,73). The number of amidine groups is 1. The number of nitrogens with one attached hydrogen (secondary N) is 2. The van der Waals surface area contributed by atoms with Crippen LogP contribution in [0.1, 0.15) is 59.7 Å². The smallest absolute Gasteiger partial charge is 0.135 e. The molecule has 76 heavy (non-hydrogen) atoms. The molecule has 5 nitrogen and oxygen atoms in total. The molecule has 0 spiro atoms. The molecule has 9 aromatic carbocycles. The molecule has 0 radical (unpaired) electrons. The lowest BCUT2D eigenvalue weighted by atomic mass is 9.66. The third-order valence-corrected chi connectivity index (χ3v) is 17.9. The van der Waals surface area contributed by atoms with Gasteiger partial charge in [0.25, 0.3) is 0 Å². The Kier molecular flexibility index (Phi) is 9.81. The third kappa shape index (κ3) is 6.57. The van der Waals surface area contributed by atoms with E-state index in [0.717, 1.165) is 59.0 Å². The van der Waals surface area contributed by atoms with Gasteiger partial charge in [-0.25, -0.2) is 4.99 Å². The molecule has 6 heteroatoms. The minimum absolute atomic E-state index is 0.179. The Balaban J connectivity index is 0.764. The molecule has 4 aliphatic rings. The summed E-state index contributed by atoms with van der Waals surface area (Å²) in [4.78, 5) is 5.55. The van der Waals surface area contributed by atoms with Crippen LogP contribution in [0.2, 0.25) is 0 Å². The molecule has 3 aliphatic carbocycles. The fourth-order valence-corrected chi connectivity index (χ4v) is 14.5. The number of benzene rings is 9. The number of hydrogen-bond acceptors (Lipinski definition) is 5. The Morgan fingerprint density at radius 2 is 1.32 bits per heavy atom. The lowest BCUT2D eigenvalue weighted by Crippen LogP contribution is -2.49. The Morgan fingerprint density at radius 1 is 0.579 bits per heavy atom. The number of rotatable bonds is 7. The summed E-state index contributed by atoms with van der Waals surface area (Å²) in [6.45, 7) is 0. The molecule has 16 rings (SSSR count). The highest BCUT2D eigenvalue weighted by Crippen LogP contribution is 2.58. The van der Waals surface area contributed by atoms with Crippen molar-refractivity contribution in [1.29, 1.82) is 0 Å². The average Bonchev–Trinajstić information content (AvgIpc) is 4.37. The highest BCUT2D eigenvalue weighted by Gasteiger charge is 2.48. The zero-order valence-electron chi connectivity index (χ0n) is 41.6. The highest BCUT2D eigenvalue weighted by molar-refractivity contribution is 7.26. The second kappa shape index (κ2) is 17.1. The second-order valence-corrected chi connectivity index (χ2v) is 21.9. The van der Waals surface area contributed by atoms with Crippen molar-refractivity contribution in [1.82, 2.24) is 15.2 Å². The lowest BCUT2D eigenvalue weighted by molar-refractivity contribution is 0.424. The number of fused-ring (bicyclic) bond motifs is 11. The maximum atomic E-state index is 6.77. The fourth-order valence-electron chi connectivity index (χ4n) is 13.4. The van der Waals surface area contributed by atoms with Gasteiger partial charge in [-0.3, -0.25) is 5.32 Å². The Hall–Kier alpha value is -8.81. The van der Waals surface area contributed by atoms with Crippen molar-refractivity contribution in [2.75, 3.05) is 0 Å². The van der Waals surface area contributed by atoms with Crippen molar-refractivity contribution in [3.8, 4) is 16.8 Å². The summed E-state index contributed by atoms with van der Waals surface area (Å²) in [6.07, 6.45) is 12.6. The van der Waals surface area contributed by atoms with Crippen molar-refractivity contribution in [3.05, 3.63) is 275 Å². The fraction of sp³-hybridized carbons (Fsp3) is 0.100. The molecule has 0 saturated carbocycles. The Labute approximate surface area is 444 Å². The third-order valence-electron chi connectivity index (χ3n) is 16.8. The number of aliphatic imine (C=N–C) groups is 1. The van der Waals surface area contributed by atoms with Crippen LogP contribution in [0, 0.1) is 0 Å². The van der Waals surface area contributed by atoms with Crippen molar-refractivity contribution < 1.29 is 4.42 Å². The highest BCUT2D eigenvalue weighted by atomic mass is 32.1. The van der Waals surface area contributed by atoms with Crippen molar-refractivity contribution in [2.45, 2.75) is 43.4 Å². The number of para-hydroxylation sites is 2. The number of thiophene rings is 1. The molecule has 0 fully saturated rings. The van der Waals surface area contributed by atoms with Gasteiger partial charge in [0.15, 0.2) is 0 Å². The van der Waals surface area contributed by atoms with Gasteiger partial charge in [-0.1, -0.05) is 182 Å². The van der Waals surface area contributed by atoms with Gasteiger partial charge >= 0.3 is 0 Å². The molecule has 0 saturated heterocycles. The predicted octanol–water partition coefficient (Wildman–Crippen LogP) is 17.4. The molecule has 0 bridgehead atoms. The minimum atomic E-state index is -0.460. The van der Waals surface area contributed by atoms with Crippen LogP contribution in [0.25, 0.3) is 86.3 Å². The van der Waals surface area contributed by atoms with E-state index in [2.05, 4.69) is 246 Å². The van der Waals surface area contributed by atoms with Gasteiger partial charge in [0.2, 0.25) is 0 Å². The molecular weight excluding hydrogens is 945 g/mol. The van der Waals surface area contributed by atoms with Crippen LogP contribution >= 0.6 is 11.3 Å². The maximum Gasteiger partial charge on any atom is 0.135 e. The minimum Gasteiger partial charge on any atom is -0.456 e. The summed E-state index contributed by atoms with van der Waals surface area (Å²) in [6, 6.07) is 76.0. The molecule has 1 aliphatic heterocycles. The predicted molar refractivity (Wildman–Crippen MR) is 317 cm³/mol. The van der Waals surface area contributed by atoms with E-state index in [4.69, 9.17) is 9.41 Å². The molecule has 4 heterocycles. The van der Waals surface area contributed by atoms with Gasteiger partial charge in [0, 0.05) is 47.4 Å². The van der Waals surface area contributed by atoms with Crippen LogP contribution in [-0.4, -0.2) is 16.6 Å². The molecule has 3 aromatic heterocycles. The van der Waals surface area contributed by atoms with E-state index >= 15 is 0 Å². The van der Waals surface area contributed by atoms with Crippen LogP contribution in [-0.2, 0) is 5.41 Å². The van der Waals surface area contributed by atoms with Gasteiger partial charge in [-0.2, -0.15) is 0 Å². The van der Waals surface area contributed by atoms with Crippen LogP contribution < -0.4 is 10.6 Å². The number of aromatic nitrogens is 1. The van der Waals surface area contributed by atoms with Crippen molar-refractivity contribution in [2.24, 2.45) is 4.99 Å². The summed E-state index contributed by atoms with van der Waals surface area (Å²) < 4.78 is 11.7. The van der Waals surface area contributed by atoms with Gasteiger partial charge in [0.05, 0.1) is 16.4 Å². The summed E-state index contributed by atoms with van der Waals surface area (Å²) in [5, 5.41) is 15.2. The zero-order chi connectivity index (χ0) is 49.9. The van der Waals surface area contributed by atoms with Crippen LogP contribution in [0.15, 0.2) is 257 Å².